The van der Waals surface area contributed by atoms with Gasteiger partial charge >= 0.3 is 0 Å². The Hall–Kier alpha value is -1.58. The van der Waals surface area contributed by atoms with Crippen molar-refractivity contribution in [3.63, 3.8) is 0 Å². The number of carbonyl (C=O) groups is 1. The third-order valence-electron chi connectivity index (χ3n) is 5.95. The molecule has 1 N–H and O–H groups in total. The van der Waals surface area contributed by atoms with Gasteiger partial charge in [-0.25, -0.2) is 18.4 Å². The van der Waals surface area contributed by atoms with Gasteiger partial charge in [-0.05, 0) is 52.8 Å². The SMILES string of the molecule is Cc1cc(C)nc(CCNC(=O)[C@@]23CCCN(S(C)(=O)=O)[C@H]2CN(C)CC3)n1. The first-order valence-electron chi connectivity index (χ1n) is 9.87. The number of likely N-dealkylation sites (N-methyl/N-ethyl adjacent to an activating group) is 1. The molecule has 2 aliphatic rings. The third-order valence-corrected chi connectivity index (χ3v) is 7.24. The predicted octanol–water partition coefficient (Wildman–Crippen LogP) is 0.498. The maximum atomic E-state index is 13.3. The Morgan fingerprint density at radius 3 is 2.57 bits per heavy atom. The number of piperidine rings is 2. The Kier molecular flexibility index (Phi) is 6.07. The second-order valence-corrected chi connectivity index (χ2v) is 10.2. The van der Waals surface area contributed by atoms with Crippen molar-refractivity contribution < 1.29 is 13.2 Å². The van der Waals surface area contributed by atoms with Crippen LogP contribution in [0.2, 0.25) is 0 Å². The zero-order chi connectivity index (χ0) is 20.5. The molecule has 1 aromatic rings. The van der Waals surface area contributed by atoms with Crippen molar-refractivity contribution in [2.45, 2.75) is 45.6 Å². The first-order valence-corrected chi connectivity index (χ1v) is 11.7. The molecular formula is C19H31N5O3S. The molecule has 0 aromatic carbocycles. The van der Waals surface area contributed by atoms with E-state index in [1.54, 1.807) is 4.31 Å². The Morgan fingerprint density at radius 1 is 1.25 bits per heavy atom. The monoisotopic (exact) mass is 409 g/mol. The lowest BCUT2D eigenvalue weighted by atomic mass is 9.68. The van der Waals surface area contributed by atoms with Crippen molar-refractivity contribution in [2.75, 3.05) is 39.5 Å². The fraction of sp³-hybridized carbons (Fsp3) is 0.737. The van der Waals surface area contributed by atoms with Crippen LogP contribution in [-0.2, 0) is 21.2 Å². The van der Waals surface area contributed by atoms with E-state index in [-0.39, 0.29) is 11.9 Å². The van der Waals surface area contributed by atoms with E-state index >= 15 is 0 Å². The summed E-state index contributed by atoms with van der Waals surface area (Å²) >= 11 is 0. The molecule has 2 aliphatic heterocycles. The van der Waals surface area contributed by atoms with E-state index in [1.807, 2.05) is 27.0 Å². The summed E-state index contributed by atoms with van der Waals surface area (Å²) in [6.07, 6.45) is 3.91. The molecule has 9 heteroatoms. The minimum absolute atomic E-state index is 0.0386. The number of nitrogens with zero attached hydrogens (tertiary/aromatic N) is 4. The molecule has 2 fully saturated rings. The van der Waals surface area contributed by atoms with E-state index in [1.165, 1.54) is 6.26 Å². The highest BCUT2D eigenvalue weighted by Crippen LogP contribution is 2.43. The molecule has 3 heterocycles. The number of hydrogen-bond acceptors (Lipinski definition) is 6. The van der Waals surface area contributed by atoms with Crippen LogP contribution in [0.4, 0.5) is 0 Å². The summed E-state index contributed by atoms with van der Waals surface area (Å²) < 4.78 is 26.2. The molecule has 2 atom stereocenters. The topological polar surface area (TPSA) is 95.5 Å². The number of aryl methyl sites for hydroxylation is 2. The van der Waals surface area contributed by atoms with E-state index in [9.17, 15) is 13.2 Å². The summed E-state index contributed by atoms with van der Waals surface area (Å²) in [4.78, 5) is 24.2. The van der Waals surface area contributed by atoms with Crippen LogP contribution in [0, 0.1) is 19.3 Å². The first kappa shape index (κ1) is 21.1. The van der Waals surface area contributed by atoms with Gasteiger partial charge in [0, 0.05) is 37.4 Å². The van der Waals surface area contributed by atoms with Crippen molar-refractivity contribution in [3.8, 4) is 0 Å². The molecule has 0 radical (unpaired) electrons. The summed E-state index contributed by atoms with van der Waals surface area (Å²) in [5.74, 6) is 0.681. The number of fused-ring (bicyclic) bond motifs is 1. The maximum Gasteiger partial charge on any atom is 0.227 e. The minimum Gasteiger partial charge on any atom is -0.355 e. The minimum atomic E-state index is -3.36. The van der Waals surface area contributed by atoms with E-state index in [0.717, 1.165) is 30.2 Å². The molecule has 1 aromatic heterocycles. The van der Waals surface area contributed by atoms with E-state index < -0.39 is 15.4 Å². The molecule has 8 nitrogen and oxygen atoms in total. The Balaban J connectivity index is 1.74. The van der Waals surface area contributed by atoms with Gasteiger partial charge in [0.1, 0.15) is 5.82 Å². The van der Waals surface area contributed by atoms with Crippen molar-refractivity contribution in [3.05, 3.63) is 23.3 Å². The molecule has 1 amide bonds. The van der Waals surface area contributed by atoms with Crippen molar-refractivity contribution in [2.24, 2.45) is 5.41 Å². The van der Waals surface area contributed by atoms with Crippen LogP contribution in [-0.4, -0.2) is 79.0 Å². The summed E-state index contributed by atoms with van der Waals surface area (Å²) in [7, 11) is -1.38. The van der Waals surface area contributed by atoms with Crippen molar-refractivity contribution >= 4 is 15.9 Å². The largest absolute Gasteiger partial charge is 0.355 e. The van der Waals surface area contributed by atoms with Crippen LogP contribution in [0.3, 0.4) is 0 Å². The second kappa shape index (κ2) is 8.04. The van der Waals surface area contributed by atoms with Crippen LogP contribution < -0.4 is 5.32 Å². The van der Waals surface area contributed by atoms with Gasteiger partial charge in [0.15, 0.2) is 0 Å². The van der Waals surface area contributed by atoms with Gasteiger partial charge in [-0.2, -0.15) is 4.31 Å². The summed E-state index contributed by atoms with van der Waals surface area (Å²) in [6, 6.07) is 1.61. The zero-order valence-corrected chi connectivity index (χ0v) is 18.0. The van der Waals surface area contributed by atoms with E-state index in [2.05, 4.69) is 20.2 Å². The quantitative estimate of drug-likeness (QED) is 0.761. The fourth-order valence-corrected chi connectivity index (χ4v) is 5.82. The lowest BCUT2D eigenvalue weighted by molar-refractivity contribution is -0.140. The molecular weight excluding hydrogens is 378 g/mol. The number of hydrogen-bond donors (Lipinski definition) is 1. The maximum absolute atomic E-state index is 13.3. The molecule has 3 rings (SSSR count). The van der Waals surface area contributed by atoms with Crippen LogP contribution >= 0.6 is 0 Å². The van der Waals surface area contributed by atoms with Gasteiger partial charge in [0.25, 0.3) is 0 Å². The smallest absolute Gasteiger partial charge is 0.227 e. The summed E-state index contributed by atoms with van der Waals surface area (Å²) in [5.41, 5.74) is 1.18. The van der Waals surface area contributed by atoms with Gasteiger partial charge in [-0.1, -0.05) is 0 Å². The highest BCUT2D eigenvalue weighted by atomic mass is 32.2. The molecule has 0 unspecified atom stereocenters. The molecule has 0 spiro atoms. The van der Waals surface area contributed by atoms with Gasteiger partial charge in [0.2, 0.25) is 15.9 Å². The van der Waals surface area contributed by atoms with Gasteiger partial charge < -0.3 is 10.2 Å². The third kappa shape index (κ3) is 4.36. The van der Waals surface area contributed by atoms with Gasteiger partial charge in [-0.3, -0.25) is 4.79 Å². The highest BCUT2D eigenvalue weighted by Gasteiger charge is 2.54. The second-order valence-electron chi connectivity index (χ2n) is 8.23. The number of carbonyl (C=O) groups excluding carboxylic acids is 1. The number of aromatic nitrogens is 2. The van der Waals surface area contributed by atoms with E-state index in [0.29, 0.717) is 38.9 Å². The van der Waals surface area contributed by atoms with Crippen molar-refractivity contribution in [1.82, 2.24) is 24.5 Å². The average Bonchev–Trinajstić information content (AvgIpc) is 2.59. The standard InChI is InChI=1S/C19H31N5O3S/c1-14-12-15(2)22-17(21-14)6-9-20-18(25)19-7-5-10-24(28(4,26)27)16(19)13-23(3)11-8-19/h12,16H,5-11,13H2,1-4H3,(H,20,25)/t16-,19+/m0/s1. The number of amides is 1. The molecule has 28 heavy (non-hydrogen) atoms. The molecule has 0 saturated carbocycles. The number of rotatable bonds is 5. The van der Waals surface area contributed by atoms with Gasteiger partial charge in [0.05, 0.1) is 17.7 Å². The number of sulfonamides is 1. The van der Waals surface area contributed by atoms with Gasteiger partial charge in [-0.15, -0.1) is 0 Å². The Labute approximate surface area is 167 Å². The molecule has 0 bridgehead atoms. The molecule has 0 aliphatic carbocycles. The fourth-order valence-electron chi connectivity index (χ4n) is 4.63. The average molecular weight is 410 g/mol. The zero-order valence-electron chi connectivity index (χ0n) is 17.2. The summed E-state index contributed by atoms with van der Waals surface area (Å²) in [6.45, 7) is 6.18. The van der Waals surface area contributed by atoms with Crippen LogP contribution in [0.5, 0.6) is 0 Å². The highest BCUT2D eigenvalue weighted by molar-refractivity contribution is 7.88. The van der Waals surface area contributed by atoms with E-state index in [4.69, 9.17) is 0 Å². The molecule has 2 saturated heterocycles. The van der Waals surface area contributed by atoms with Crippen LogP contribution in [0.15, 0.2) is 6.07 Å². The Morgan fingerprint density at radius 2 is 1.93 bits per heavy atom. The normalized spacial score (nSPS) is 26.6. The number of nitrogens with one attached hydrogen (secondary N) is 1. The predicted molar refractivity (Wildman–Crippen MR) is 107 cm³/mol. The summed E-state index contributed by atoms with van der Waals surface area (Å²) in [5, 5.41) is 3.06. The molecule has 156 valence electrons. The van der Waals surface area contributed by atoms with Crippen molar-refractivity contribution in [1.29, 1.82) is 0 Å². The van der Waals surface area contributed by atoms with Crippen LogP contribution in [0.25, 0.3) is 0 Å². The first-order chi connectivity index (χ1) is 13.1. The number of likely N-dealkylation sites (tertiary alicyclic amines) is 1. The lowest BCUT2D eigenvalue weighted by Crippen LogP contribution is -2.66. The lowest BCUT2D eigenvalue weighted by Gasteiger charge is -2.52. The van der Waals surface area contributed by atoms with Crippen LogP contribution in [0.1, 0.15) is 36.5 Å². The Bertz CT molecular complexity index is 824.